The molecule has 7 heteroatoms. The van der Waals surface area contributed by atoms with E-state index < -0.39 is 5.91 Å². The number of amides is 2. The van der Waals surface area contributed by atoms with Gasteiger partial charge in [0.15, 0.2) is 5.43 Å². The summed E-state index contributed by atoms with van der Waals surface area (Å²) >= 11 is 4.18. The first kappa shape index (κ1) is 17.8. The lowest BCUT2D eigenvalue weighted by Gasteiger charge is -2.12. The van der Waals surface area contributed by atoms with Gasteiger partial charge < -0.3 is 4.42 Å². The highest BCUT2D eigenvalue weighted by Gasteiger charge is 2.35. The molecule has 0 bridgehead atoms. The van der Waals surface area contributed by atoms with Crippen LogP contribution >= 0.6 is 27.7 Å². The lowest BCUT2D eigenvalue weighted by Crippen LogP contribution is -2.27. The third-order valence-electron chi connectivity index (χ3n) is 4.12. The van der Waals surface area contributed by atoms with E-state index in [-0.39, 0.29) is 27.7 Å². The van der Waals surface area contributed by atoms with Crippen LogP contribution in [0.4, 0.5) is 4.79 Å². The largest absolute Gasteiger partial charge is 0.463 e. The van der Waals surface area contributed by atoms with Crippen LogP contribution in [0.15, 0.2) is 73.4 Å². The van der Waals surface area contributed by atoms with Crippen LogP contribution in [0.2, 0.25) is 0 Å². The fraction of sp³-hybridized carbons (Fsp3) is 0.0500. The predicted molar refractivity (Wildman–Crippen MR) is 108 cm³/mol. The van der Waals surface area contributed by atoms with Crippen LogP contribution in [0, 0.1) is 0 Å². The maximum absolute atomic E-state index is 12.6. The molecule has 2 heterocycles. The zero-order chi connectivity index (χ0) is 19.0. The SMILES string of the molecule is O=C1S/C(=C/c2coc3ccccc3c2=O)C(=O)N1Cc1ccc(Br)cc1. The van der Waals surface area contributed by atoms with Gasteiger partial charge >= 0.3 is 0 Å². The van der Waals surface area contributed by atoms with Gasteiger partial charge in [0.1, 0.15) is 11.8 Å². The van der Waals surface area contributed by atoms with Crippen LogP contribution in [-0.2, 0) is 11.3 Å². The highest BCUT2D eigenvalue weighted by molar-refractivity contribution is 9.10. The highest BCUT2D eigenvalue weighted by atomic mass is 79.9. The molecule has 1 aromatic heterocycles. The minimum Gasteiger partial charge on any atom is -0.463 e. The quantitative estimate of drug-likeness (QED) is 0.546. The van der Waals surface area contributed by atoms with Gasteiger partial charge in [0.25, 0.3) is 11.1 Å². The number of benzene rings is 2. The molecule has 1 saturated heterocycles. The van der Waals surface area contributed by atoms with Crippen molar-refractivity contribution in [3.8, 4) is 0 Å². The minimum absolute atomic E-state index is 0.182. The molecule has 1 fully saturated rings. The number of carbonyl (C=O) groups excluding carboxylic acids is 2. The van der Waals surface area contributed by atoms with Crippen LogP contribution in [0.3, 0.4) is 0 Å². The number of carbonyl (C=O) groups is 2. The van der Waals surface area contributed by atoms with Crippen molar-refractivity contribution in [1.82, 2.24) is 4.90 Å². The van der Waals surface area contributed by atoms with Crippen LogP contribution < -0.4 is 5.43 Å². The number of hydrogen-bond donors (Lipinski definition) is 0. The first-order valence-electron chi connectivity index (χ1n) is 8.03. The van der Waals surface area contributed by atoms with Gasteiger partial charge in [0.2, 0.25) is 0 Å². The van der Waals surface area contributed by atoms with Crippen molar-refractivity contribution in [2.24, 2.45) is 0 Å². The summed E-state index contributed by atoms with van der Waals surface area (Å²) in [6.07, 6.45) is 2.73. The number of fused-ring (bicyclic) bond motifs is 1. The fourth-order valence-corrected chi connectivity index (χ4v) is 3.84. The molecule has 2 aromatic carbocycles. The lowest BCUT2D eigenvalue weighted by molar-refractivity contribution is -0.123. The summed E-state index contributed by atoms with van der Waals surface area (Å²) in [5.41, 5.74) is 1.31. The van der Waals surface area contributed by atoms with Gasteiger partial charge in [0, 0.05) is 4.47 Å². The van der Waals surface area contributed by atoms with Gasteiger partial charge in [-0.15, -0.1) is 0 Å². The number of halogens is 1. The van der Waals surface area contributed by atoms with E-state index in [0.29, 0.717) is 11.0 Å². The highest BCUT2D eigenvalue weighted by Crippen LogP contribution is 2.33. The van der Waals surface area contributed by atoms with E-state index in [4.69, 9.17) is 4.42 Å². The molecule has 4 rings (SSSR count). The average molecular weight is 442 g/mol. The molecule has 3 aromatic rings. The summed E-state index contributed by atoms with van der Waals surface area (Å²) in [5, 5.41) is 0.0692. The third kappa shape index (κ3) is 3.48. The van der Waals surface area contributed by atoms with E-state index in [9.17, 15) is 14.4 Å². The van der Waals surface area contributed by atoms with Gasteiger partial charge in [-0.25, -0.2) is 0 Å². The number of imide groups is 1. The Bertz CT molecular complexity index is 1150. The van der Waals surface area contributed by atoms with E-state index in [1.165, 1.54) is 17.2 Å². The molecule has 1 aliphatic heterocycles. The Balaban J connectivity index is 1.64. The molecule has 0 atom stereocenters. The number of para-hydroxylation sites is 1. The number of hydrogen-bond acceptors (Lipinski definition) is 5. The first-order valence-corrected chi connectivity index (χ1v) is 9.64. The van der Waals surface area contributed by atoms with Crippen molar-refractivity contribution in [2.75, 3.05) is 0 Å². The van der Waals surface area contributed by atoms with Crippen LogP contribution in [0.5, 0.6) is 0 Å². The normalized spacial score (nSPS) is 15.9. The zero-order valence-corrected chi connectivity index (χ0v) is 16.2. The minimum atomic E-state index is -0.416. The van der Waals surface area contributed by atoms with Crippen LogP contribution in [0.1, 0.15) is 11.1 Å². The van der Waals surface area contributed by atoms with Gasteiger partial charge in [-0.3, -0.25) is 19.3 Å². The molecular weight excluding hydrogens is 430 g/mol. The molecule has 0 aliphatic carbocycles. The number of thioether (sulfide) groups is 1. The summed E-state index contributed by atoms with van der Waals surface area (Å²) in [4.78, 5) is 38.9. The second-order valence-electron chi connectivity index (χ2n) is 5.91. The Morgan fingerprint density at radius 1 is 1.04 bits per heavy atom. The second kappa shape index (κ2) is 7.17. The Labute approximate surface area is 166 Å². The van der Waals surface area contributed by atoms with Crippen LogP contribution in [-0.4, -0.2) is 16.0 Å². The molecular formula is C20H12BrNO4S. The van der Waals surface area contributed by atoms with Gasteiger partial charge in [0.05, 0.1) is 22.4 Å². The topological polar surface area (TPSA) is 67.6 Å². The van der Waals surface area contributed by atoms with Crippen molar-refractivity contribution in [3.63, 3.8) is 0 Å². The Morgan fingerprint density at radius 2 is 1.78 bits per heavy atom. The van der Waals surface area contributed by atoms with Crippen molar-refractivity contribution < 1.29 is 14.0 Å². The maximum atomic E-state index is 12.6. The van der Waals surface area contributed by atoms with E-state index >= 15 is 0 Å². The predicted octanol–water partition coefficient (Wildman–Crippen LogP) is 4.79. The molecule has 134 valence electrons. The molecule has 0 saturated carbocycles. The molecule has 2 amide bonds. The van der Waals surface area contributed by atoms with E-state index in [2.05, 4.69) is 15.9 Å². The van der Waals surface area contributed by atoms with Crippen molar-refractivity contribution in [2.45, 2.75) is 6.54 Å². The molecule has 0 radical (unpaired) electrons. The second-order valence-corrected chi connectivity index (χ2v) is 7.82. The Morgan fingerprint density at radius 3 is 2.56 bits per heavy atom. The van der Waals surface area contributed by atoms with Gasteiger partial charge in [-0.1, -0.05) is 40.2 Å². The molecule has 5 nitrogen and oxygen atoms in total. The summed E-state index contributed by atoms with van der Waals surface area (Å²) in [6.45, 7) is 0.182. The molecule has 1 aliphatic rings. The summed E-state index contributed by atoms with van der Waals surface area (Å²) in [5.74, 6) is -0.416. The number of rotatable bonds is 3. The summed E-state index contributed by atoms with van der Waals surface area (Å²) in [6, 6.07) is 14.3. The maximum Gasteiger partial charge on any atom is 0.293 e. The lowest BCUT2D eigenvalue weighted by atomic mass is 10.1. The standard InChI is InChI=1S/C20H12BrNO4S/c21-14-7-5-12(6-8-14)10-22-19(24)17(27-20(22)25)9-13-11-26-16-4-2-1-3-15(16)18(13)23/h1-9,11H,10H2/b17-9+. The van der Waals surface area contributed by atoms with Gasteiger partial charge in [-0.05, 0) is 47.7 Å². The van der Waals surface area contributed by atoms with Crippen molar-refractivity contribution >= 4 is 55.9 Å². The Hall–Kier alpha value is -2.64. The smallest absolute Gasteiger partial charge is 0.293 e. The fourth-order valence-electron chi connectivity index (χ4n) is 2.74. The van der Waals surface area contributed by atoms with Crippen molar-refractivity contribution in [3.05, 3.63) is 85.5 Å². The monoisotopic (exact) mass is 441 g/mol. The third-order valence-corrected chi connectivity index (χ3v) is 5.56. The summed E-state index contributed by atoms with van der Waals surface area (Å²) < 4.78 is 6.38. The van der Waals surface area contributed by atoms with Crippen LogP contribution in [0.25, 0.3) is 17.0 Å². The van der Waals surface area contributed by atoms with E-state index in [1.807, 2.05) is 24.3 Å². The first-order chi connectivity index (χ1) is 13.0. The Kier molecular flexibility index (Phi) is 4.72. The average Bonchev–Trinajstić information content (AvgIpc) is 2.93. The molecule has 0 unspecified atom stereocenters. The molecule has 0 N–H and O–H groups in total. The van der Waals surface area contributed by atoms with E-state index in [0.717, 1.165) is 21.8 Å². The van der Waals surface area contributed by atoms with E-state index in [1.54, 1.807) is 24.3 Å². The van der Waals surface area contributed by atoms with Crippen molar-refractivity contribution in [1.29, 1.82) is 0 Å². The number of nitrogens with zero attached hydrogens (tertiary/aromatic N) is 1. The zero-order valence-electron chi connectivity index (χ0n) is 13.8. The molecule has 27 heavy (non-hydrogen) atoms. The van der Waals surface area contributed by atoms with Gasteiger partial charge in [-0.2, -0.15) is 0 Å². The summed E-state index contributed by atoms with van der Waals surface area (Å²) in [7, 11) is 0. The molecule has 0 spiro atoms.